The van der Waals surface area contributed by atoms with Crippen LogP contribution in [-0.2, 0) is 14.8 Å². The van der Waals surface area contributed by atoms with Gasteiger partial charge in [-0.05, 0) is 43.0 Å². The van der Waals surface area contributed by atoms with Crippen LogP contribution in [0.15, 0.2) is 35.2 Å². The molecule has 3 N–H and O–H groups in total. The average molecular weight is 404 g/mol. The SMILES string of the molecule is CCNS(=O)(=O)c1ccc(/C=C/C(=O)Nc2nc(N3CCCCC3)n[nH]2)cc1. The van der Waals surface area contributed by atoms with Crippen molar-refractivity contribution >= 4 is 33.9 Å². The van der Waals surface area contributed by atoms with E-state index >= 15 is 0 Å². The lowest BCUT2D eigenvalue weighted by Gasteiger charge is -2.24. The molecule has 1 aliphatic heterocycles. The molecule has 3 rings (SSSR count). The number of H-pyrrole nitrogens is 1. The standard InChI is InChI=1S/C18H24N6O3S/c1-2-19-28(26,27)15-9-6-14(7-10-15)8-11-16(25)20-17-21-18(23-22-17)24-12-4-3-5-13-24/h6-11,19H,2-5,12-13H2,1H3,(H2,20,21,22,23,25)/b11-8+. The molecule has 150 valence electrons. The number of anilines is 2. The summed E-state index contributed by atoms with van der Waals surface area (Å²) >= 11 is 0. The molecule has 1 saturated heterocycles. The largest absolute Gasteiger partial charge is 0.340 e. The minimum Gasteiger partial charge on any atom is -0.340 e. The van der Waals surface area contributed by atoms with Crippen molar-refractivity contribution in [3.63, 3.8) is 0 Å². The number of aromatic amines is 1. The first-order chi connectivity index (χ1) is 13.5. The number of hydrogen-bond donors (Lipinski definition) is 3. The van der Waals surface area contributed by atoms with Crippen molar-refractivity contribution in [2.75, 3.05) is 29.9 Å². The highest BCUT2D eigenvalue weighted by Gasteiger charge is 2.15. The molecule has 0 bridgehead atoms. The number of nitrogens with zero attached hydrogens (tertiary/aromatic N) is 3. The van der Waals surface area contributed by atoms with Gasteiger partial charge in [-0.2, -0.15) is 4.98 Å². The lowest BCUT2D eigenvalue weighted by molar-refractivity contribution is -0.111. The van der Waals surface area contributed by atoms with Gasteiger partial charge >= 0.3 is 0 Å². The molecular formula is C18H24N6O3S. The fourth-order valence-electron chi connectivity index (χ4n) is 2.91. The summed E-state index contributed by atoms with van der Waals surface area (Å²) in [6.45, 7) is 3.89. The Hall–Kier alpha value is -2.72. The van der Waals surface area contributed by atoms with Gasteiger partial charge < -0.3 is 4.90 Å². The Morgan fingerprint density at radius 1 is 1.21 bits per heavy atom. The number of hydrogen-bond acceptors (Lipinski definition) is 6. The molecule has 0 radical (unpaired) electrons. The third kappa shape index (κ3) is 5.17. The maximum Gasteiger partial charge on any atom is 0.250 e. The van der Waals surface area contributed by atoms with Crippen LogP contribution in [0.3, 0.4) is 0 Å². The van der Waals surface area contributed by atoms with Gasteiger partial charge in [0.2, 0.25) is 21.9 Å². The summed E-state index contributed by atoms with van der Waals surface area (Å²) in [7, 11) is -3.48. The summed E-state index contributed by atoms with van der Waals surface area (Å²) in [5, 5.41) is 9.51. The Balaban J connectivity index is 1.57. The van der Waals surface area contributed by atoms with Crippen LogP contribution in [0.1, 0.15) is 31.7 Å². The van der Waals surface area contributed by atoms with Crippen LogP contribution in [0.5, 0.6) is 0 Å². The first kappa shape index (κ1) is 20.0. The van der Waals surface area contributed by atoms with Crippen LogP contribution in [-0.4, -0.2) is 49.1 Å². The molecule has 2 aromatic rings. The number of carbonyl (C=O) groups excluding carboxylic acids is 1. The second-order valence-electron chi connectivity index (χ2n) is 6.42. The molecule has 1 aromatic heterocycles. The van der Waals surface area contributed by atoms with Crippen molar-refractivity contribution in [2.45, 2.75) is 31.1 Å². The van der Waals surface area contributed by atoms with Crippen molar-refractivity contribution < 1.29 is 13.2 Å². The molecule has 1 fully saturated rings. The van der Waals surface area contributed by atoms with E-state index in [0.717, 1.165) is 25.9 Å². The van der Waals surface area contributed by atoms with E-state index in [9.17, 15) is 13.2 Å². The van der Waals surface area contributed by atoms with E-state index < -0.39 is 10.0 Å². The number of carbonyl (C=O) groups is 1. The predicted molar refractivity (Wildman–Crippen MR) is 107 cm³/mol. The summed E-state index contributed by atoms with van der Waals surface area (Å²) in [6.07, 6.45) is 6.41. The van der Waals surface area contributed by atoms with Crippen molar-refractivity contribution in [3.8, 4) is 0 Å². The molecule has 0 saturated carbocycles. The van der Waals surface area contributed by atoms with E-state index in [1.165, 1.54) is 24.6 Å². The Labute approximate surface area is 164 Å². The quantitative estimate of drug-likeness (QED) is 0.605. The summed E-state index contributed by atoms with van der Waals surface area (Å²) in [6, 6.07) is 6.27. The van der Waals surface area contributed by atoms with E-state index in [-0.39, 0.29) is 10.8 Å². The smallest absolute Gasteiger partial charge is 0.250 e. The number of benzene rings is 1. The molecule has 9 nitrogen and oxygen atoms in total. The van der Waals surface area contributed by atoms with E-state index in [1.807, 2.05) is 0 Å². The molecule has 0 aliphatic carbocycles. The minimum absolute atomic E-state index is 0.183. The highest BCUT2D eigenvalue weighted by atomic mass is 32.2. The van der Waals surface area contributed by atoms with Gasteiger partial charge in [0, 0.05) is 25.7 Å². The minimum atomic E-state index is -3.48. The maximum absolute atomic E-state index is 12.1. The third-order valence-electron chi connectivity index (χ3n) is 4.31. The Morgan fingerprint density at radius 2 is 1.93 bits per heavy atom. The lowest BCUT2D eigenvalue weighted by atomic mass is 10.1. The second-order valence-corrected chi connectivity index (χ2v) is 8.19. The normalized spacial score (nSPS) is 15.1. The van der Waals surface area contributed by atoms with Gasteiger partial charge in [0.25, 0.3) is 5.91 Å². The van der Waals surface area contributed by atoms with E-state index in [2.05, 4.69) is 30.1 Å². The fourth-order valence-corrected chi connectivity index (χ4v) is 3.95. The number of piperidine rings is 1. The number of aromatic nitrogens is 3. The number of rotatable bonds is 7. The van der Waals surface area contributed by atoms with Gasteiger partial charge in [0.1, 0.15) is 0 Å². The first-order valence-electron chi connectivity index (χ1n) is 9.24. The van der Waals surface area contributed by atoms with Crippen molar-refractivity contribution in [1.82, 2.24) is 19.9 Å². The molecule has 1 aromatic carbocycles. The molecule has 2 heterocycles. The van der Waals surface area contributed by atoms with Crippen LogP contribution in [0, 0.1) is 0 Å². The van der Waals surface area contributed by atoms with Gasteiger partial charge in [-0.15, -0.1) is 5.10 Å². The Bertz CT molecular complexity index is 930. The average Bonchev–Trinajstić information content (AvgIpc) is 3.16. The zero-order valence-electron chi connectivity index (χ0n) is 15.7. The fraction of sp³-hybridized carbons (Fsp3) is 0.389. The zero-order valence-corrected chi connectivity index (χ0v) is 16.5. The van der Waals surface area contributed by atoms with Gasteiger partial charge in [-0.1, -0.05) is 19.1 Å². The summed E-state index contributed by atoms with van der Waals surface area (Å²) in [5.74, 6) is 0.532. The molecular weight excluding hydrogens is 380 g/mol. The van der Waals surface area contributed by atoms with E-state index in [4.69, 9.17) is 0 Å². The van der Waals surface area contributed by atoms with Crippen LogP contribution in [0.25, 0.3) is 6.08 Å². The van der Waals surface area contributed by atoms with Crippen molar-refractivity contribution in [3.05, 3.63) is 35.9 Å². The molecule has 10 heteroatoms. The van der Waals surface area contributed by atoms with Crippen LogP contribution in [0.4, 0.5) is 11.9 Å². The van der Waals surface area contributed by atoms with Crippen molar-refractivity contribution in [1.29, 1.82) is 0 Å². The van der Waals surface area contributed by atoms with Crippen molar-refractivity contribution in [2.24, 2.45) is 0 Å². The highest BCUT2D eigenvalue weighted by Crippen LogP contribution is 2.16. The molecule has 0 unspecified atom stereocenters. The second kappa shape index (κ2) is 8.98. The van der Waals surface area contributed by atoms with Gasteiger partial charge in [0.15, 0.2) is 0 Å². The molecule has 1 aliphatic rings. The zero-order chi connectivity index (χ0) is 20.0. The summed E-state index contributed by atoms with van der Waals surface area (Å²) in [5.41, 5.74) is 0.706. The summed E-state index contributed by atoms with van der Waals surface area (Å²) in [4.78, 5) is 18.7. The van der Waals surface area contributed by atoms with Gasteiger partial charge in [-0.25, -0.2) is 18.2 Å². The monoisotopic (exact) mass is 404 g/mol. The third-order valence-corrected chi connectivity index (χ3v) is 5.87. The van der Waals surface area contributed by atoms with Gasteiger partial charge in [-0.3, -0.25) is 10.1 Å². The molecule has 1 amide bonds. The van der Waals surface area contributed by atoms with Crippen LogP contribution in [0.2, 0.25) is 0 Å². The van der Waals surface area contributed by atoms with Gasteiger partial charge in [0.05, 0.1) is 4.90 Å². The molecule has 0 spiro atoms. The Morgan fingerprint density at radius 3 is 2.61 bits per heavy atom. The lowest BCUT2D eigenvalue weighted by Crippen LogP contribution is -2.30. The van der Waals surface area contributed by atoms with E-state index in [0.29, 0.717) is 24.0 Å². The number of nitrogens with one attached hydrogen (secondary N) is 3. The molecule has 28 heavy (non-hydrogen) atoms. The number of amides is 1. The summed E-state index contributed by atoms with van der Waals surface area (Å²) < 4.78 is 26.3. The first-order valence-corrected chi connectivity index (χ1v) is 10.7. The highest BCUT2D eigenvalue weighted by molar-refractivity contribution is 7.89. The maximum atomic E-state index is 12.1. The topological polar surface area (TPSA) is 120 Å². The van der Waals surface area contributed by atoms with E-state index in [1.54, 1.807) is 25.1 Å². The van der Waals surface area contributed by atoms with Crippen LogP contribution >= 0.6 is 0 Å². The number of sulfonamides is 1. The molecule has 0 atom stereocenters. The predicted octanol–water partition coefficient (Wildman–Crippen LogP) is 1.75. The van der Waals surface area contributed by atoms with Crippen LogP contribution < -0.4 is 14.9 Å². The Kier molecular flexibility index (Phi) is 6.42.